The zero-order valence-electron chi connectivity index (χ0n) is 20.0. The van der Waals surface area contributed by atoms with Crippen molar-refractivity contribution < 1.29 is 9.90 Å². The van der Waals surface area contributed by atoms with Gasteiger partial charge in [-0.3, -0.25) is 0 Å². The van der Waals surface area contributed by atoms with E-state index in [1.165, 1.54) is 61.5 Å². The lowest BCUT2D eigenvalue weighted by molar-refractivity contribution is -0.132. The third kappa shape index (κ3) is 6.25. The molecule has 0 aliphatic heterocycles. The van der Waals surface area contributed by atoms with Crippen LogP contribution in [0.3, 0.4) is 0 Å². The number of imidazole rings is 1. The van der Waals surface area contributed by atoms with Gasteiger partial charge in [0.1, 0.15) is 11.6 Å². The van der Waals surface area contributed by atoms with E-state index in [-0.39, 0.29) is 5.57 Å². The van der Waals surface area contributed by atoms with Gasteiger partial charge in [-0.05, 0) is 61.0 Å². The molecule has 0 aliphatic rings. The van der Waals surface area contributed by atoms with Crippen molar-refractivity contribution >= 4 is 46.6 Å². The number of thiophene rings is 1. The smallest absolute Gasteiger partial charge is 0.346 e. The number of hydrogen-bond donors (Lipinski definition) is 1. The second-order valence-electron chi connectivity index (χ2n) is 8.59. The third-order valence-corrected chi connectivity index (χ3v) is 7.56. The van der Waals surface area contributed by atoms with Gasteiger partial charge in [0.05, 0.1) is 11.0 Å². The number of aromatic nitrogens is 2. The minimum Gasteiger partial charge on any atom is -0.477 e. The second kappa shape index (κ2) is 12.7. The molecule has 0 bridgehead atoms. The molecule has 34 heavy (non-hydrogen) atoms. The monoisotopic (exact) mass is 495 g/mol. The van der Waals surface area contributed by atoms with Gasteiger partial charge in [0.25, 0.3) is 0 Å². The molecule has 0 amide bonds. The highest BCUT2D eigenvalue weighted by Gasteiger charge is 2.13. The molecule has 0 spiro atoms. The molecular formula is C27H33N3O2S2. The molecule has 2 heterocycles. The number of fused-ring (bicyclic) bond motifs is 1. The van der Waals surface area contributed by atoms with Crippen molar-refractivity contribution in [3.8, 4) is 16.5 Å². The molecule has 7 heteroatoms. The molecule has 1 aromatic carbocycles. The van der Waals surface area contributed by atoms with Crippen LogP contribution >= 0.6 is 23.6 Å². The van der Waals surface area contributed by atoms with Crippen molar-refractivity contribution in [3.63, 3.8) is 0 Å². The summed E-state index contributed by atoms with van der Waals surface area (Å²) in [5.74, 6) is -1.21. The van der Waals surface area contributed by atoms with Crippen LogP contribution in [0.2, 0.25) is 0 Å². The Morgan fingerprint density at radius 3 is 2.24 bits per heavy atom. The van der Waals surface area contributed by atoms with E-state index in [0.29, 0.717) is 0 Å². The topological polar surface area (TPSA) is 71.0 Å². The number of carbonyl (C=O) groups is 1. The molecule has 3 rings (SSSR count). The maximum atomic E-state index is 11.2. The minimum absolute atomic E-state index is 0.260. The van der Waals surface area contributed by atoms with Crippen molar-refractivity contribution in [2.75, 3.05) is 0 Å². The Bertz CT molecular complexity index is 1260. The molecule has 0 atom stereocenters. The SMILES string of the molecule is CCCCCCn1c(=S)n(CCCCCC)c2cc(-c3ccc(/C=C(/C#N)C(=O)O)s3)ccc21. The summed E-state index contributed by atoms with van der Waals surface area (Å²) in [6, 6.07) is 12.1. The van der Waals surface area contributed by atoms with Gasteiger partial charge in [-0.15, -0.1) is 11.3 Å². The predicted molar refractivity (Wildman–Crippen MR) is 144 cm³/mol. The number of unbranched alkanes of at least 4 members (excludes halogenated alkanes) is 6. The van der Waals surface area contributed by atoms with Crippen molar-refractivity contribution in [2.24, 2.45) is 0 Å². The first-order valence-electron chi connectivity index (χ1n) is 12.2. The lowest BCUT2D eigenvalue weighted by atomic mass is 10.1. The highest BCUT2D eigenvalue weighted by molar-refractivity contribution is 7.71. The molecule has 0 saturated carbocycles. The summed E-state index contributed by atoms with van der Waals surface area (Å²) in [7, 11) is 0. The van der Waals surface area contributed by atoms with E-state index in [1.807, 2.05) is 12.1 Å². The molecule has 2 aromatic heterocycles. The lowest BCUT2D eigenvalue weighted by Gasteiger charge is -2.05. The Balaban J connectivity index is 1.97. The summed E-state index contributed by atoms with van der Waals surface area (Å²) in [5, 5.41) is 18.2. The Morgan fingerprint density at radius 2 is 1.65 bits per heavy atom. The molecule has 1 N–H and O–H groups in total. The summed E-state index contributed by atoms with van der Waals surface area (Å²) in [6.07, 6.45) is 11.0. The zero-order chi connectivity index (χ0) is 24.5. The number of rotatable bonds is 13. The average molecular weight is 496 g/mol. The van der Waals surface area contributed by atoms with Crippen LogP contribution in [0.1, 0.15) is 70.1 Å². The summed E-state index contributed by atoms with van der Waals surface area (Å²) in [4.78, 5) is 13.0. The van der Waals surface area contributed by atoms with Gasteiger partial charge >= 0.3 is 5.97 Å². The number of carboxylic acids is 1. The van der Waals surface area contributed by atoms with Crippen LogP contribution in [-0.4, -0.2) is 20.2 Å². The van der Waals surface area contributed by atoms with Crippen LogP contribution in [0.25, 0.3) is 27.6 Å². The average Bonchev–Trinajstić information content (AvgIpc) is 3.40. The van der Waals surface area contributed by atoms with Crippen LogP contribution in [0.5, 0.6) is 0 Å². The quantitative estimate of drug-likeness (QED) is 0.113. The van der Waals surface area contributed by atoms with Gasteiger partial charge in [0.15, 0.2) is 4.77 Å². The molecule has 0 fully saturated rings. The first-order chi connectivity index (χ1) is 16.5. The van der Waals surface area contributed by atoms with Gasteiger partial charge in [0.2, 0.25) is 0 Å². The summed E-state index contributed by atoms with van der Waals surface area (Å²) in [5.41, 5.74) is 3.15. The minimum atomic E-state index is -1.21. The molecule has 5 nitrogen and oxygen atoms in total. The second-order valence-corrected chi connectivity index (χ2v) is 10.1. The summed E-state index contributed by atoms with van der Waals surface area (Å²) >= 11 is 7.42. The van der Waals surface area contributed by atoms with E-state index in [9.17, 15) is 4.79 Å². The number of nitrogens with zero attached hydrogens (tertiary/aromatic N) is 3. The zero-order valence-corrected chi connectivity index (χ0v) is 21.7. The standard InChI is InChI=1S/C27H33N3O2S2/c1-3-5-7-9-15-29-23-13-11-20(18-24(23)30(27(29)33)16-10-8-6-4-2)25-14-12-22(34-25)17-21(19-28)26(31)32/h11-14,17-18H,3-10,15-16H2,1-2H3,(H,31,32)/b21-17-. The Kier molecular flexibility index (Phi) is 9.67. The number of carboxylic acid groups (broad SMARTS) is 1. The number of aryl methyl sites for hydroxylation is 2. The van der Waals surface area contributed by atoms with Gasteiger partial charge in [-0.2, -0.15) is 5.26 Å². The normalized spacial score (nSPS) is 11.7. The molecule has 0 aliphatic carbocycles. The Labute approximate surface area is 211 Å². The van der Waals surface area contributed by atoms with E-state index >= 15 is 0 Å². The highest BCUT2D eigenvalue weighted by atomic mass is 32.1. The fourth-order valence-electron chi connectivity index (χ4n) is 4.17. The first kappa shape index (κ1) is 25.9. The number of nitriles is 1. The molecule has 0 saturated heterocycles. The number of hydrogen-bond acceptors (Lipinski definition) is 4. The van der Waals surface area contributed by atoms with E-state index < -0.39 is 5.97 Å². The van der Waals surface area contributed by atoms with Gasteiger partial charge in [-0.1, -0.05) is 58.4 Å². The van der Waals surface area contributed by atoms with Crippen molar-refractivity contribution in [2.45, 2.75) is 78.3 Å². The van der Waals surface area contributed by atoms with Crippen LogP contribution in [-0.2, 0) is 17.9 Å². The maximum Gasteiger partial charge on any atom is 0.346 e. The Morgan fingerprint density at radius 1 is 1.00 bits per heavy atom. The number of aliphatic carboxylic acids is 1. The molecule has 0 radical (unpaired) electrons. The molecule has 3 aromatic rings. The van der Waals surface area contributed by atoms with Gasteiger partial charge < -0.3 is 14.2 Å². The lowest BCUT2D eigenvalue weighted by Crippen LogP contribution is -2.02. The summed E-state index contributed by atoms with van der Waals surface area (Å²) in [6.45, 7) is 6.31. The molecular weight excluding hydrogens is 462 g/mol. The maximum absolute atomic E-state index is 11.2. The molecule has 0 unspecified atom stereocenters. The number of benzene rings is 1. The van der Waals surface area contributed by atoms with Gasteiger partial charge in [-0.25, -0.2) is 4.79 Å². The van der Waals surface area contributed by atoms with E-state index in [0.717, 1.165) is 51.5 Å². The van der Waals surface area contributed by atoms with E-state index in [1.54, 1.807) is 6.07 Å². The van der Waals surface area contributed by atoms with Crippen molar-refractivity contribution in [1.82, 2.24) is 9.13 Å². The van der Waals surface area contributed by atoms with E-state index in [4.69, 9.17) is 22.6 Å². The van der Waals surface area contributed by atoms with Crippen LogP contribution < -0.4 is 0 Å². The van der Waals surface area contributed by atoms with Crippen molar-refractivity contribution in [3.05, 3.63) is 45.6 Å². The predicted octanol–water partition coefficient (Wildman–Crippen LogP) is 8.05. The van der Waals surface area contributed by atoms with Crippen LogP contribution in [0, 0.1) is 16.1 Å². The van der Waals surface area contributed by atoms with Crippen molar-refractivity contribution in [1.29, 1.82) is 5.26 Å². The third-order valence-electron chi connectivity index (χ3n) is 6.04. The van der Waals surface area contributed by atoms with Gasteiger partial charge in [0, 0.05) is 22.8 Å². The van der Waals surface area contributed by atoms with E-state index in [2.05, 4.69) is 41.2 Å². The van der Waals surface area contributed by atoms with Crippen LogP contribution in [0.15, 0.2) is 35.9 Å². The first-order valence-corrected chi connectivity index (χ1v) is 13.4. The highest BCUT2D eigenvalue weighted by Crippen LogP contribution is 2.32. The fraction of sp³-hybridized carbons (Fsp3) is 0.444. The largest absolute Gasteiger partial charge is 0.477 e. The van der Waals surface area contributed by atoms with Crippen LogP contribution in [0.4, 0.5) is 0 Å². The molecule has 180 valence electrons. The fourth-order valence-corrected chi connectivity index (χ4v) is 5.50. The summed E-state index contributed by atoms with van der Waals surface area (Å²) < 4.78 is 5.48. The Hall–Kier alpha value is -2.69.